The molecule has 1 atom stereocenters. The SMILES string of the molecule is CCCOc1ccc2c(c1)C(O)CCC2. The minimum Gasteiger partial charge on any atom is -0.494 e. The van der Waals surface area contributed by atoms with Crippen LogP contribution in [0.5, 0.6) is 5.75 Å². The monoisotopic (exact) mass is 206 g/mol. The largest absolute Gasteiger partial charge is 0.494 e. The third-order valence-corrected chi connectivity index (χ3v) is 2.87. The van der Waals surface area contributed by atoms with Gasteiger partial charge in [0.25, 0.3) is 0 Å². The van der Waals surface area contributed by atoms with E-state index in [1.807, 2.05) is 12.1 Å². The molecular weight excluding hydrogens is 188 g/mol. The van der Waals surface area contributed by atoms with Crippen LogP contribution in [0.3, 0.4) is 0 Å². The van der Waals surface area contributed by atoms with Crippen LogP contribution in [0.2, 0.25) is 0 Å². The van der Waals surface area contributed by atoms with Crippen molar-refractivity contribution in [1.82, 2.24) is 0 Å². The van der Waals surface area contributed by atoms with Gasteiger partial charge in [0.15, 0.2) is 0 Å². The predicted octanol–water partition coefficient (Wildman–Crippen LogP) is 2.85. The second-order valence-electron chi connectivity index (χ2n) is 4.12. The van der Waals surface area contributed by atoms with Crippen molar-refractivity contribution >= 4 is 0 Å². The maximum Gasteiger partial charge on any atom is 0.119 e. The Morgan fingerprint density at radius 2 is 2.33 bits per heavy atom. The summed E-state index contributed by atoms with van der Waals surface area (Å²) in [5, 5.41) is 9.86. The highest BCUT2D eigenvalue weighted by Crippen LogP contribution is 2.32. The van der Waals surface area contributed by atoms with E-state index in [-0.39, 0.29) is 6.10 Å². The van der Waals surface area contributed by atoms with Gasteiger partial charge in [0.2, 0.25) is 0 Å². The molecule has 1 aliphatic carbocycles. The number of benzene rings is 1. The van der Waals surface area contributed by atoms with Crippen LogP contribution in [0.4, 0.5) is 0 Å². The molecule has 1 aliphatic rings. The number of aliphatic hydroxyl groups is 1. The second-order valence-corrected chi connectivity index (χ2v) is 4.12. The molecule has 0 saturated heterocycles. The first-order valence-corrected chi connectivity index (χ1v) is 5.75. The number of fused-ring (bicyclic) bond motifs is 1. The predicted molar refractivity (Wildman–Crippen MR) is 60.1 cm³/mol. The van der Waals surface area contributed by atoms with Crippen molar-refractivity contribution in [3.8, 4) is 5.75 Å². The third kappa shape index (κ3) is 2.32. The van der Waals surface area contributed by atoms with Gasteiger partial charge in [0.05, 0.1) is 12.7 Å². The van der Waals surface area contributed by atoms with Gasteiger partial charge in [-0.25, -0.2) is 0 Å². The molecule has 1 unspecified atom stereocenters. The van der Waals surface area contributed by atoms with E-state index in [2.05, 4.69) is 13.0 Å². The molecule has 0 aliphatic heterocycles. The number of rotatable bonds is 3. The average molecular weight is 206 g/mol. The number of hydrogen-bond donors (Lipinski definition) is 1. The highest BCUT2D eigenvalue weighted by atomic mass is 16.5. The van der Waals surface area contributed by atoms with Gasteiger partial charge in [-0.3, -0.25) is 0 Å². The molecule has 0 fully saturated rings. The molecule has 0 saturated carbocycles. The highest BCUT2D eigenvalue weighted by Gasteiger charge is 2.18. The Hall–Kier alpha value is -1.02. The fourth-order valence-electron chi connectivity index (χ4n) is 2.06. The van der Waals surface area contributed by atoms with Crippen molar-refractivity contribution in [2.45, 2.75) is 38.7 Å². The molecule has 1 aromatic rings. The Morgan fingerprint density at radius 3 is 3.13 bits per heavy atom. The first-order chi connectivity index (χ1) is 7.31. The number of aryl methyl sites for hydroxylation is 1. The Morgan fingerprint density at radius 1 is 1.47 bits per heavy atom. The smallest absolute Gasteiger partial charge is 0.119 e. The molecule has 0 heterocycles. The van der Waals surface area contributed by atoms with E-state index in [1.165, 1.54) is 5.56 Å². The zero-order valence-corrected chi connectivity index (χ0v) is 9.20. The Labute approximate surface area is 90.9 Å². The molecular formula is C13H18O2. The summed E-state index contributed by atoms with van der Waals surface area (Å²) in [6, 6.07) is 6.09. The van der Waals surface area contributed by atoms with Crippen LogP contribution >= 0.6 is 0 Å². The van der Waals surface area contributed by atoms with Gasteiger partial charge in [0.1, 0.15) is 5.75 Å². The van der Waals surface area contributed by atoms with Gasteiger partial charge in [-0.15, -0.1) is 0 Å². The summed E-state index contributed by atoms with van der Waals surface area (Å²) in [5.74, 6) is 0.886. The van der Waals surface area contributed by atoms with Gasteiger partial charge in [-0.1, -0.05) is 13.0 Å². The van der Waals surface area contributed by atoms with E-state index in [0.717, 1.165) is 43.6 Å². The lowest BCUT2D eigenvalue weighted by atomic mass is 9.89. The van der Waals surface area contributed by atoms with Crippen molar-refractivity contribution in [3.63, 3.8) is 0 Å². The van der Waals surface area contributed by atoms with Gasteiger partial charge in [-0.2, -0.15) is 0 Å². The summed E-state index contributed by atoms with van der Waals surface area (Å²) in [4.78, 5) is 0. The van der Waals surface area contributed by atoms with Crippen molar-refractivity contribution in [2.75, 3.05) is 6.61 Å². The van der Waals surface area contributed by atoms with E-state index < -0.39 is 0 Å². The fraction of sp³-hybridized carbons (Fsp3) is 0.538. The average Bonchev–Trinajstić information content (AvgIpc) is 2.27. The maximum atomic E-state index is 9.86. The Kier molecular flexibility index (Phi) is 3.27. The zero-order valence-electron chi connectivity index (χ0n) is 9.20. The van der Waals surface area contributed by atoms with Gasteiger partial charge in [0, 0.05) is 0 Å². The molecule has 0 amide bonds. The van der Waals surface area contributed by atoms with Crippen LogP contribution < -0.4 is 4.74 Å². The standard InChI is InChI=1S/C13H18O2/c1-2-8-15-11-7-6-10-4-3-5-13(14)12(10)9-11/h6-7,9,13-14H,2-5,8H2,1H3. The number of aliphatic hydroxyl groups excluding tert-OH is 1. The third-order valence-electron chi connectivity index (χ3n) is 2.87. The lowest BCUT2D eigenvalue weighted by Crippen LogP contribution is -2.09. The molecule has 2 nitrogen and oxygen atoms in total. The Balaban J connectivity index is 2.19. The van der Waals surface area contributed by atoms with Gasteiger partial charge < -0.3 is 9.84 Å². The van der Waals surface area contributed by atoms with E-state index in [4.69, 9.17) is 4.74 Å². The van der Waals surface area contributed by atoms with Crippen LogP contribution in [0, 0.1) is 0 Å². The molecule has 0 bridgehead atoms. The maximum absolute atomic E-state index is 9.86. The van der Waals surface area contributed by atoms with Crippen LogP contribution in [0.25, 0.3) is 0 Å². The second kappa shape index (κ2) is 4.67. The normalized spacial score (nSPS) is 19.7. The van der Waals surface area contributed by atoms with E-state index in [0.29, 0.717) is 0 Å². The first-order valence-electron chi connectivity index (χ1n) is 5.75. The lowest BCUT2D eigenvalue weighted by molar-refractivity contribution is 0.156. The quantitative estimate of drug-likeness (QED) is 0.824. The number of ether oxygens (including phenoxy) is 1. The molecule has 2 heteroatoms. The summed E-state index contributed by atoms with van der Waals surface area (Å²) in [7, 11) is 0. The molecule has 1 N–H and O–H groups in total. The topological polar surface area (TPSA) is 29.5 Å². The van der Waals surface area contributed by atoms with Crippen molar-refractivity contribution < 1.29 is 9.84 Å². The summed E-state index contributed by atoms with van der Waals surface area (Å²) < 4.78 is 5.56. The highest BCUT2D eigenvalue weighted by molar-refractivity contribution is 5.38. The molecule has 1 aromatic carbocycles. The summed E-state index contributed by atoms with van der Waals surface area (Å²) in [5.41, 5.74) is 2.34. The molecule has 2 rings (SSSR count). The van der Waals surface area contributed by atoms with Crippen LogP contribution in [0.15, 0.2) is 18.2 Å². The van der Waals surface area contributed by atoms with Crippen molar-refractivity contribution in [1.29, 1.82) is 0 Å². The summed E-state index contributed by atoms with van der Waals surface area (Å²) in [6.45, 7) is 2.84. The van der Waals surface area contributed by atoms with Crippen molar-refractivity contribution in [2.24, 2.45) is 0 Å². The molecule has 0 spiro atoms. The molecule has 82 valence electrons. The van der Waals surface area contributed by atoms with Crippen molar-refractivity contribution in [3.05, 3.63) is 29.3 Å². The summed E-state index contributed by atoms with van der Waals surface area (Å²) >= 11 is 0. The first kappa shape index (κ1) is 10.5. The van der Waals surface area contributed by atoms with Gasteiger partial charge >= 0.3 is 0 Å². The van der Waals surface area contributed by atoms with Gasteiger partial charge in [-0.05, 0) is 48.9 Å². The molecule has 15 heavy (non-hydrogen) atoms. The summed E-state index contributed by atoms with van der Waals surface area (Å²) in [6.07, 6.45) is 3.77. The molecule has 0 aromatic heterocycles. The van der Waals surface area contributed by atoms with Crippen LogP contribution in [0.1, 0.15) is 43.4 Å². The minimum atomic E-state index is -0.293. The van der Waals surface area contributed by atoms with Crippen LogP contribution in [-0.4, -0.2) is 11.7 Å². The minimum absolute atomic E-state index is 0.293. The van der Waals surface area contributed by atoms with Crippen LogP contribution in [-0.2, 0) is 6.42 Å². The lowest BCUT2D eigenvalue weighted by Gasteiger charge is -2.21. The number of hydrogen-bond acceptors (Lipinski definition) is 2. The Bertz CT molecular complexity index is 333. The molecule has 0 radical (unpaired) electrons. The fourth-order valence-corrected chi connectivity index (χ4v) is 2.06. The van der Waals surface area contributed by atoms with E-state index >= 15 is 0 Å². The zero-order chi connectivity index (χ0) is 10.7. The van der Waals surface area contributed by atoms with E-state index in [1.54, 1.807) is 0 Å². The van der Waals surface area contributed by atoms with E-state index in [9.17, 15) is 5.11 Å².